The van der Waals surface area contributed by atoms with Gasteiger partial charge < -0.3 is 15.0 Å². The number of hydrogen-bond donors (Lipinski definition) is 1. The molecule has 1 heterocycles. The Bertz CT molecular complexity index is 644. The number of nitro benzene ring substituents is 1. The number of benzene rings is 1. The molecule has 2 rings (SSSR count). The zero-order valence-electron chi connectivity index (χ0n) is 14.8. The van der Waals surface area contributed by atoms with E-state index >= 15 is 0 Å². The van der Waals surface area contributed by atoms with Crippen molar-refractivity contribution >= 4 is 29.4 Å². The molecule has 8 nitrogen and oxygen atoms in total. The van der Waals surface area contributed by atoms with Crippen LogP contribution in [-0.4, -0.2) is 52.8 Å². The minimum Gasteiger partial charge on any atom is -0.450 e. The first-order valence-corrected chi connectivity index (χ1v) is 9.42. The molecule has 1 unspecified atom stereocenters. The van der Waals surface area contributed by atoms with E-state index in [1.165, 1.54) is 23.9 Å². The van der Waals surface area contributed by atoms with Crippen LogP contribution in [0.4, 0.5) is 10.5 Å². The normalized spacial score (nSPS) is 16.0. The van der Waals surface area contributed by atoms with Crippen molar-refractivity contribution in [3.8, 4) is 0 Å². The molecule has 1 aromatic carbocycles. The van der Waals surface area contributed by atoms with Crippen LogP contribution in [0.3, 0.4) is 0 Å². The molecule has 0 radical (unpaired) electrons. The van der Waals surface area contributed by atoms with E-state index in [9.17, 15) is 19.7 Å². The number of hydrogen-bond acceptors (Lipinski definition) is 6. The lowest BCUT2D eigenvalue weighted by Gasteiger charge is -2.32. The Balaban J connectivity index is 1.78. The standard InChI is InChI=1S/C17H23N3O5S/c1-3-25-17(22)19-10-8-13(9-11-19)18-16(21)12(2)26-15-6-4-14(5-7-15)20(23)24/h4-7,12-13H,3,8-11H2,1-2H3,(H,18,21). The van der Waals surface area contributed by atoms with Gasteiger partial charge >= 0.3 is 6.09 Å². The van der Waals surface area contributed by atoms with E-state index in [-0.39, 0.29) is 29.0 Å². The summed E-state index contributed by atoms with van der Waals surface area (Å²) in [6, 6.07) is 6.18. The quantitative estimate of drug-likeness (QED) is 0.462. The molecule has 9 heteroatoms. The van der Waals surface area contributed by atoms with Gasteiger partial charge in [0.2, 0.25) is 5.91 Å². The van der Waals surface area contributed by atoms with Gasteiger partial charge in [0.1, 0.15) is 0 Å². The second-order valence-electron chi connectivity index (χ2n) is 5.98. The second kappa shape index (κ2) is 9.42. The summed E-state index contributed by atoms with van der Waals surface area (Å²) in [4.78, 5) is 36.7. The fourth-order valence-corrected chi connectivity index (χ4v) is 3.52. The van der Waals surface area contributed by atoms with Gasteiger partial charge in [-0.3, -0.25) is 14.9 Å². The lowest BCUT2D eigenvalue weighted by atomic mass is 10.1. The van der Waals surface area contributed by atoms with Gasteiger partial charge in [0.25, 0.3) is 5.69 Å². The third kappa shape index (κ3) is 5.62. The fraction of sp³-hybridized carbons (Fsp3) is 0.529. The smallest absolute Gasteiger partial charge is 0.409 e. The lowest BCUT2D eigenvalue weighted by molar-refractivity contribution is -0.384. The van der Waals surface area contributed by atoms with Crippen LogP contribution in [0.25, 0.3) is 0 Å². The molecule has 1 aliphatic heterocycles. The molecule has 0 saturated carbocycles. The number of thioether (sulfide) groups is 1. The first-order valence-electron chi connectivity index (χ1n) is 8.54. The Hall–Kier alpha value is -2.29. The van der Waals surface area contributed by atoms with Crippen molar-refractivity contribution in [3.63, 3.8) is 0 Å². The summed E-state index contributed by atoms with van der Waals surface area (Å²) in [7, 11) is 0. The Morgan fingerprint density at radius 2 is 1.96 bits per heavy atom. The predicted octanol–water partition coefficient (Wildman–Crippen LogP) is 2.81. The number of amides is 2. The van der Waals surface area contributed by atoms with Crippen molar-refractivity contribution in [2.45, 2.75) is 42.9 Å². The number of nitrogens with one attached hydrogen (secondary N) is 1. The van der Waals surface area contributed by atoms with Crippen LogP contribution < -0.4 is 5.32 Å². The first kappa shape index (κ1) is 20.0. The molecule has 1 N–H and O–H groups in total. The number of nitrogens with zero attached hydrogens (tertiary/aromatic N) is 2. The molecular weight excluding hydrogens is 358 g/mol. The molecule has 1 saturated heterocycles. The Morgan fingerprint density at radius 3 is 2.50 bits per heavy atom. The molecule has 0 bridgehead atoms. The molecule has 2 amide bonds. The highest BCUT2D eigenvalue weighted by molar-refractivity contribution is 8.00. The van der Waals surface area contributed by atoms with Gasteiger partial charge in [-0.15, -0.1) is 11.8 Å². The molecule has 1 aromatic rings. The zero-order chi connectivity index (χ0) is 19.1. The van der Waals surface area contributed by atoms with Gasteiger partial charge in [0, 0.05) is 36.2 Å². The number of carbonyl (C=O) groups is 2. The van der Waals surface area contributed by atoms with Gasteiger partial charge in [-0.25, -0.2) is 4.79 Å². The van der Waals surface area contributed by atoms with Crippen LogP contribution in [0.15, 0.2) is 29.2 Å². The number of likely N-dealkylation sites (tertiary alicyclic amines) is 1. The van der Waals surface area contributed by atoms with Gasteiger partial charge in [-0.05, 0) is 38.8 Å². The minimum atomic E-state index is -0.451. The fourth-order valence-electron chi connectivity index (χ4n) is 2.64. The highest BCUT2D eigenvalue weighted by Gasteiger charge is 2.26. The van der Waals surface area contributed by atoms with Crippen LogP contribution in [0.1, 0.15) is 26.7 Å². The van der Waals surface area contributed by atoms with Crippen molar-refractivity contribution < 1.29 is 19.2 Å². The average molecular weight is 381 g/mol. The molecule has 1 aliphatic rings. The van der Waals surface area contributed by atoms with Crippen molar-refractivity contribution in [1.82, 2.24) is 10.2 Å². The molecule has 1 fully saturated rings. The molecule has 0 spiro atoms. The summed E-state index contributed by atoms with van der Waals surface area (Å²) in [6.07, 6.45) is 1.08. The Labute approximate surface area is 156 Å². The van der Waals surface area contributed by atoms with Crippen molar-refractivity contribution in [1.29, 1.82) is 0 Å². The highest BCUT2D eigenvalue weighted by Crippen LogP contribution is 2.25. The van der Waals surface area contributed by atoms with Crippen molar-refractivity contribution in [2.24, 2.45) is 0 Å². The predicted molar refractivity (Wildman–Crippen MR) is 98.2 cm³/mol. The van der Waals surface area contributed by atoms with E-state index in [0.29, 0.717) is 32.5 Å². The summed E-state index contributed by atoms with van der Waals surface area (Å²) in [5.74, 6) is -0.0806. The molecule has 0 aliphatic carbocycles. The molecule has 1 atom stereocenters. The van der Waals surface area contributed by atoms with Crippen LogP contribution >= 0.6 is 11.8 Å². The summed E-state index contributed by atoms with van der Waals surface area (Å²) < 4.78 is 4.98. The number of nitro groups is 1. The monoisotopic (exact) mass is 381 g/mol. The molecule has 0 aromatic heterocycles. The number of ether oxygens (including phenoxy) is 1. The third-order valence-electron chi connectivity index (χ3n) is 4.10. The largest absolute Gasteiger partial charge is 0.450 e. The summed E-state index contributed by atoms with van der Waals surface area (Å²) in [5, 5.41) is 13.4. The average Bonchev–Trinajstić information content (AvgIpc) is 2.63. The number of piperidine rings is 1. The van der Waals surface area contributed by atoms with Gasteiger partial charge in [-0.2, -0.15) is 0 Å². The summed E-state index contributed by atoms with van der Waals surface area (Å²) in [5.41, 5.74) is 0.0276. The molecular formula is C17H23N3O5S. The SMILES string of the molecule is CCOC(=O)N1CCC(NC(=O)C(C)Sc2ccc([N+](=O)[O-])cc2)CC1. The van der Waals surface area contributed by atoms with Crippen LogP contribution in [-0.2, 0) is 9.53 Å². The number of rotatable bonds is 6. The van der Waals surface area contributed by atoms with Gasteiger partial charge in [0.05, 0.1) is 16.8 Å². The Kier molecular flexibility index (Phi) is 7.26. The van der Waals surface area contributed by atoms with Gasteiger partial charge in [0.15, 0.2) is 0 Å². The maximum absolute atomic E-state index is 12.4. The zero-order valence-corrected chi connectivity index (χ0v) is 15.7. The summed E-state index contributed by atoms with van der Waals surface area (Å²) >= 11 is 1.35. The maximum atomic E-state index is 12.4. The van der Waals surface area contributed by atoms with E-state index in [0.717, 1.165) is 4.90 Å². The molecule has 142 valence electrons. The third-order valence-corrected chi connectivity index (χ3v) is 5.21. The van der Waals surface area contributed by atoms with Crippen LogP contribution in [0, 0.1) is 10.1 Å². The summed E-state index contributed by atoms with van der Waals surface area (Å²) in [6.45, 7) is 5.05. The van der Waals surface area contributed by atoms with E-state index < -0.39 is 4.92 Å². The maximum Gasteiger partial charge on any atom is 0.409 e. The number of non-ortho nitro benzene ring substituents is 1. The molecule has 26 heavy (non-hydrogen) atoms. The van der Waals surface area contributed by atoms with E-state index in [1.807, 2.05) is 0 Å². The van der Waals surface area contributed by atoms with E-state index in [4.69, 9.17) is 4.74 Å². The first-order chi connectivity index (χ1) is 12.4. The highest BCUT2D eigenvalue weighted by atomic mass is 32.2. The number of carbonyl (C=O) groups excluding carboxylic acids is 2. The van der Waals surface area contributed by atoms with Crippen LogP contribution in [0.2, 0.25) is 0 Å². The van der Waals surface area contributed by atoms with Crippen LogP contribution in [0.5, 0.6) is 0 Å². The van der Waals surface area contributed by atoms with Crippen molar-refractivity contribution in [2.75, 3.05) is 19.7 Å². The Morgan fingerprint density at radius 1 is 1.35 bits per heavy atom. The second-order valence-corrected chi connectivity index (χ2v) is 7.39. The topological polar surface area (TPSA) is 102 Å². The van der Waals surface area contributed by atoms with Crippen molar-refractivity contribution in [3.05, 3.63) is 34.4 Å². The van der Waals surface area contributed by atoms with E-state index in [1.54, 1.807) is 30.9 Å². The van der Waals surface area contributed by atoms with Gasteiger partial charge in [-0.1, -0.05) is 0 Å². The van der Waals surface area contributed by atoms with E-state index in [2.05, 4.69) is 5.32 Å². The lowest BCUT2D eigenvalue weighted by Crippen LogP contribution is -2.48. The minimum absolute atomic E-state index is 0.0276.